The van der Waals surface area contributed by atoms with Crippen molar-refractivity contribution in [2.24, 2.45) is 5.84 Å². The molecule has 0 radical (unpaired) electrons. The Morgan fingerprint density at radius 3 is 3.08 bits per heavy atom. The van der Waals surface area contributed by atoms with Gasteiger partial charge in [-0.2, -0.15) is 0 Å². The van der Waals surface area contributed by atoms with Crippen molar-refractivity contribution < 1.29 is 4.39 Å². The summed E-state index contributed by atoms with van der Waals surface area (Å²) in [6.07, 6.45) is 0. The first kappa shape index (κ1) is 7.55. The van der Waals surface area contributed by atoms with Crippen LogP contribution >= 0.6 is 0 Å². The third-order valence-electron chi connectivity index (χ3n) is 2.30. The van der Waals surface area contributed by atoms with Gasteiger partial charge < -0.3 is 5.01 Å². The maximum atomic E-state index is 12.8. The molecule has 2 nitrogen and oxygen atoms in total. The second kappa shape index (κ2) is 2.45. The molecule has 1 aliphatic heterocycles. The number of anilines is 1. The van der Waals surface area contributed by atoms with E-state index in [2.05, 4.69) is 0 Å². The minimum atomic E-state index is -0.184. The number of rotatable bonds is 0. The largest absolute Gasteiger partial charge is 0.310 e. The van der Waals surface area contributed by atoms with Crippen molar-refractivity contribution in [1.82, 2.24) is 0 Å². The van der Waals surface area contributed by atoms with Gasteiger partial charge in [-0.1, -0.05) is 6.92 Å². The molecule has 0 fully saturated rings. The topological polar surface area (TPSA) is 29.3 Å². The van der Waals surface area contributed by atoms with Crippen LogP contribution in [0.15, 0.2) is 18.2 Å². The molecule has 2 N–H and O–H groups in total. The monoisotopic (exact) mass is 166 g/mol. The molecule has 1 aromatic carbocycles. The van der Waals surface area contributed by atoms with E-state index >= 15 is 0 Å². The van der Waals surface area contributed by atoms with Gasteiger partial charge in [0.1, 0.15) is 5.82 Å². The van der Waals surface area contributed by atoms with Crippen LogP contribution in [0.3, 0.4) is 0 Å². The molecule has 0 aromatic heterocycles. The lowest BCUT2D eigenvalue weighted by atomic mass is 10.0. The summed E-state index contributed by atoms with van der Waals surface area (Å²) in [5.41, 5.74) is 1.96. The predicted molar refractivity (Wildman–Crippen MR) is 46.3 cm³/mol. The second-order valence-corrected chi connectivity index (χ2v) is 3.26. The van der Waals surface area contributed by atoms with E-state index < -0.39 is 0 Å². The molecule has 0 amide bonds. The average molecular weight is 166 g/mol. The SMILES string of the molecule is CC1CN(N)c2ccc(F)cc21. The summed E-state index contributed by atoms with van der Waals surface area (Å²) in [6, 6.07) is 4.73. The second-order valence-electron chi connectivity index (χ2n) is 3.26. The first-order chi connectivity index (χ1) is 5.68. The van der Waals surface area contributed by atoms with E-state index in [4.69, 9.17) is 5.84 Å². The van der Waals surface area contributed by atoms with E-state index in [9.17, 15) is 4.39 Å². The van der Waals surface area contributed by atoms with Crippen LogP contribution in [0.2, 0.25) is 0 Å². The molecular weight excluding hydrogens is 155 g/mol. The molecule has 0 aliphatic carbocycles. The fourth-order valence-corrected chi connectivity index (χ4v) is 1.67. The standard InChI is InChI=1S/C9H11FN2/c1-6-5-12(11)9-3-2-7(10)4-8(6)9/h2-4,6H,5,11H2,1H3. The van der Waals surface area contributed by atoms with Crippen molar-refractivity contribution in [3.63, 3.8) is 0 Å². The Kier molecular flexibility index (Phi) is 1.54. The Balaban J connectivity index is 2.53. The van der Waals surface area contributed by atoms with Crippen molar-refractivity contribution in [3.8, 4) is 0 Å². The van der Waals surface area contributed by atoms with Crippen LogP contribution < -0.4 is 10.9 Å². The Morgan fingerprint density at radius 1 is 1.58 bits per heavy atom. The molecule has 2 rings (SSSR count). The van der Waals surface area contributed by atoms with Crippen molar-refractivity contribution in [1.29, 1.82) is 0 Å². The highest BCUT2D eigenvalue weighted by molar-refractivity contribution is 5.58. The van der Waals surface area contributed by atoms with Crippen molar-refractivity contribution >= 4 is 5.69 Å². The lowest BCUT2D eigenvalue weighted by molar-refractivity contribution is 0.624. The summed E-state index contributed by atoms with van der Waals surface area (Å²) in [5, 5.41) is 1.67. The zero-order chi connectivity index (χ0) is 8.72. The lowest BCUT2D eigenvalue weighted by Crippen LogP contribution is -2.28. The van der Waals surface area contributed by atoms with Crippen LogP contribution in [0, 0.1) is 5.82 Å². The van der Waals surface area contributed by atoms with Crippen molar-refractivity contribution in [3.05, 3.63) is 29.6 Å². The summed E-state index contributed by atoms with van der Waals surface area (Å²) in [6.45, 7) is 2.82. The molecule has 0 saturated carbocycles. The number of fused-ring (bicyclic) bond motifs is 1. The van der Waals surface area contributed by atoms with Gasteiger partial charge in [0.25, 0.3) is 0 Å². The summed E-state index contributed by atoms with van der Waals surface area (Å²) < 4.78 is 12.8. The van der Waals surface area contributed by atoms with E-state index in [1.807, 2.05) is 6.92 Å². The van der Waals surface area contributed by atoms with Gasteiger partial charge in [0.2, 0.25) is 0 Å². The third kappa shape index (κ3) is 0.975. The molecule has 0 bridgehead atoms. The van der Waals surface area contributed by atoms with E-state index in [1.54, 1.807) is 17.1 Å². The van der Waals surface area contributed by atoms with Gasteiger partial charge in [-0.3, -0.25) is 0 Å². The molecule has 64 valence electrons. The van der Waals surface area contributed by atoms with Crippen LogP contribution in [0.5, 0.6) is 0 Å². The van der Waals surface area contributed by atoms with Gasteiger partial charge in [0, 0.05) is 12.5 Å². The van der Waals surface area contributed by atoms with E-state index in [1.165, 1.54) is 6.07 Å². The molecule has 0 saturated heterocycles. The smallest absolute Gasteiger partial charge is 0.123 e. The molecule has 0 spiro atoms. The zero-order valence-corrected chi connectivity index (χ0v) is 6.92. The highest BCUT2D eigenvalue weighted by Gasteiger charge is 2.23. The van der Waals surface area contributed by atoms with E-state index in [0.717, 1.165) is 17.8 Å². The molecule has 1 heterocycles. The van der Waals surface area contributed by atoms with Crippen LogP contribution in [0.4, 0.5) is 10.1 Å². The normalized spacial score (nSPS) is 21.2. The van der Waals surface area contributed by atoms with Gasteiger partial charge >= 0.3 is 0 Å². The Labute approximate surface area is 70.8 Å². The molecule has 1 aromatic rings. The fourth-order valence-electron chi connectivity index (χ4n) is 1.67. The third-order valence-corrected chi connectivity index (χ3v) is 2.30. The van der Waals surface area contributed by atoms with Gasteiger partial charge in [0.05, 0.1) is 5.69 Å². The summed E-state index contributed by atoms with van der Waals surface area (Å²) >= 11 is 0. The van der Waals surface area contributed by atoms with Crippen LogP contribution in [0.25, 0.3) is 0 Å². The maximum absolute atomic E-state index is 12.8. The number of nitrogens with zero attached hydrogens (tertiary/aromatic N) is 1. The lowest BCUT2D eigenvalue weighted by Gasteiger charge is -2.10. The minimum absolute atomic E-state index is 0.184. The number of benzene rings is 1. The Morgan fingerprint density at radius 2 is 2.33 bits per heavy atom. The Hall–Kier alpha value is -1.09. The molecule has 1 aliphatic rings. The van der Waals surface area contributed by atoms with Crippen molar-refractivity contribution in [2.75, 3.05) is 11.6 Å². The zero-order valence-electron chi connectivity index (χ0n) is 6.92. The predicted octanol–water partition coefficient (Wildman–Crippen LogP) is 1.62. The highest BCUT2D eigenvalue weighted by Crippen LogP contribution is 2.33. The summed E-state index contributed by atoms with van der Waals surface area (Å²) in [7, 11) is 0. The molecule has 1 atom stereocenters. The first-order valence-corrected chi connectivity index (χ1v) is 4.00. The van der Waals surface area contributed by atoms with E-state index in [-0.39, 0.29) is 5.82 Å². The summed E-state index contributed by atoms with van der Waals surface area (Å²) in [5.74, 6) is 5.85. The molecule has 12 heavy (non-hydrogen) atoms. The minimum Gasteiger partial charge on any atom is -0.310 e. The van der Waals surface area contributed by atoms with Gasteiger partial charge in [-0.05, 0) is 23.8 Å². The molecule has 3 heteroatoms. The fraction of sp³-hybridized carbons (Fsp3) is 0.333. The van der Waals surface area contributed by atoms with Gasteiger partial charge in [-0.25, -0.2) is 10.2 Å². The van der Waals surface area contributed by atoms with Gasteiger partial charge in [0.15, 0.2) is 0 Å². The van der Waals surface area contributed by atoms with Crippen LogP contribution in [-0.4, -0.2) is 6.54 Å². The van der Waals surface area contributed by atoms with Crippen LogP contribution in [-0.2, 0) is 0 Å². The summed E-state index contributed by atoms with van der Waals surface area (Å²) in [4.78, 5) is 0. The van der Waals surface area contributed by atoms with Crippen molar-refractivity contribution in [2.45, 2.75) is 12.8 Å². The number of hydrazine groups is 1. The number of nitrogens with two attached hydrogens (primary N) is 1. The average Bonchev–Trinajstić information content (AvgIpc) is 2.28. The van der Waals surface area contributed by atoms with Crippen LogP contribution in [0.1, 0.15) is 18.4 Å². The number of hydrogen-bond acceptors (Lipinski definition) is 2. The molecule has 1 unspecified atom stereocenters. The quantitative estimate of drug-likeness (QED) is 0.593. The maximum Gasteiger partial charge on any atom is 0.123 e. The van der Waals surface area contributed by atoms with Gasteiger partial charge in [-0.15, -0.1) is 0 Å². The Bertz CT molecular complexity index is 311. The van der Waals surface area contributed by atoms with E-state index in [0.29, 0.717) is 5.92 Å². The number of halogens is 1. The highest BCUT2D eigenvalue weighted by atomic mass is 19.1. The molecular formula is C9H11FN2. The first-order valence-electron chi connectivity index (χ1n) is 4.00. The number of hydrogen-bond donors (Lipinski definition) is 1.